The van der Waals surface area contributed by atoms with Gasteiger partial charge in [0, 0.05) is 13.1 Å². The van der Waals surface area contributed by atoms with Crippen LogP contribution in [0.4, 0.5) is 0 Å². The zero-order chi connectivity index (χ0) is 13.4. The first-order valence-corrected chi connectivity index (χ1v) is 9.53. The third-order valence-electron chi connectivity index (χ3n) is 2.05. The van der Waals surface area contributed by atoms with E-state index in [9.17, 15) is 4.57 Å². The highest BCUT2D eigenvalue weighted by atomic mass is 31.2. The van der Waals surface area contributed by atoms with Crippen molar-refractivity contribution in [3.8, 4) is 0 Å². The van der Waals surface area contributed by atoms with Gasteiger partial charge in [0.15, 0.2) is 7.51 Å². The highest BCUT2D eigenvalue weighted by molar-refractivity contribution is 7.70. The topological polar surface area (TPSA) is 132 Å². The van der Waals surface area contributed by atoms with Crippen LogP contribution in [0.2, 0.25) is 0 Å². The molecule has 7 nitrogen and oxygen atoms in total. The minimum atomic E-state index is -3.46. The smallest absolute Gasteiger partial charge is 0.273 e. The summed E-state index contributed by atoms with van der Waals surface area (Å²) in [5.74, 6) is 0. The number of hydrogen-bond donors (Lipinski definition) is 5. The van der Waals surface area contributed by atoms with Crippen molar-refractivity contribution in [3.05, 3.63) is 0 Å². The fourth-order valence-electron chi connectivity index (χ4n) is 1.19. The van der Waals surface area contributed by atoms with Crippen LogP contribution >= 0.6 is 15.1 Å². The number of nitrogens with one attached hydrogen (secondary N) is 2. The summed E-state index contributed by atoms with van der Waals surface area (Å²) in [7, 11) is -6.00. The van der Waals surface area contributed by atoms with Crippen molar-refractivity contribution >= 4 is 15.1 Å². The van der Waals surface area contributed by atoms with Crippen LogP contribution in [-0.2, 0) is 4.57 Å². The van der Waals surface area contributed by atoms with Gasteiger partial charge in [-0.05, 0) is 12.8 Å². The molecule has 0 unspecified atom stereocenters. The maximum atomic E-state index is 11.4. The van der Waals surface area contributed by atoms with Crippen LogP contribution in [0.1, 0.15) is 39.5 Å². The molecule has 0 radical (unpaired) electrons. The quantitative estimate of drug-likeness (QED) is 0.323. The second kappa shape index (κ2) is 8.38. The zero-order valence-corrected chi connectivity index (χ0v) is 12.5. The monoisotopic (exact) mass is 284 g/mol. The maximum absolute atomic E-state index is 11.4. The second-order valence-electron chi connectivity index (χ2n) is 3.97. The van der Waals surface area contributed by atoms with Crippen LogP contribution < -0.4 is 26.7 Å². The molecule has 0 aromatic rings. The SMILES string of the molecule is CCCCNP(N)(=NP(N)(N)=O)NCCCC. The number of rotatable bonds is 9. The Hall–Kier alpha value is 0.260. The molecular formula is C8H26N6OP2. The summed E-state index contributed by atoms with van der Waals surface area (Å²) < 4.78 is 15.2. The van der Waals surface area contributed by atoms with E-state index in [1.54, 1.807) is 0 Å². The van der Waals surface area contributed by atoms with Gasteiger partial charge in [-0.15, -0.1) is 0 Å². The molecule has 0 bridgehead atoms. The van der Waals surface area contributed by atoms with Gasteiger partial charge in [0.1, 0.15) is 0 Å². The van der Waals surface area contributed by atoms with Gasteiger partial charge in [0.05, 0.1) is 0 Å². The molecular weight excluding hydrogens is 258 g/mol. The van der Waals surface area contributed by atoms with Gasteiger partial charge < -0.3 is 0 Å². The lowest BCUT2D eigenvalue weighted by Crippen LogP contribution is -2.30. The minimum absolute atomic E-state index is 0.712. The van der Waals surface area contributed by atoms with E-state index in [2.05, 4.69) is 28.5 Å². The number of unbranched alkanes of at least 4 members (excludes halogenated alkanes) is 2. The molecule has 0 atom stereocenters. The Kier molecular flexibility index (Phi) is 8.51. The van der Waals surface area contributed by atoms with Gasteiger partial charge in [-0.2, -0.15) is 4.52 Å². The first-order valence-electron chi connectivity index (χ1n) is 5.93. The first kappa shape index (κ1) is 17.3. The summed E-state index contributed by atoms with van der Waals surface area (Å²) in [6, 6.07) is 0. The molecule has 0 aliphatic heterocycles. The van der Waals surface area contributed by atoms with E-state index in [-0.39, 0.29) is 0 Å². The van der Waals surface area contributed by atoms with Gasteiger partial charge >= 0.3 is 7.59 Å². The molecule has 0 aliphatic carbocycles. The Labute approximate surface area is 104 Å². The van der Waals surface area contributed by atoms with E-state index in [0.717, 1.165) is 25.7 Å². The van der Waals surface area contributed by atoms with Gasteiger partial charge in [0.2, 0.25) is 0 Å². The molecule has 0 aromatic heterocycles. The lowest BCUT2D eigenvalue weighted by Gasteiger charge is -2.23. The van der Waals surface area contributed by atoms with E-state index in [1.165, 1.54) is 0 Å². The summed E-state index contributed by atoms with van der Waals surface area (Å²) in [6.07, 6.45) is 4.04. The van der Waals surface area contributed by atoms with Crippen molar-refractivity contribution < 1.29 is 4.57 Å². The van der Waals surface area contributed by atoms with E-state index >= 15 is 0 Å². The number of hydrogen-bond acceptors (Lipinski definition) is 1. The Morgan fingerprint density at radius 2 is 1.41 bits per heavy atom. The first-order chi connectivity index (χ1) is 7.83. The van der Waals surface area contributed by atoms with Crippen molar-refractivity contribution in [3.63, 3.8) is 0 Å². The zero-order valence-electron chi connectivity index (χ0n) is 10.7. The minimum Gasteiger partial charge on any atom is -0.273 e. The molecule has 8 N–H and O–H groups in total. The molecule has 0 saturated heterocycles. The predicted octanol–water partition coefficient (Wildman–Crippen LogP) is 1.70. The van der Waals surface area contributed by atoms with E-state index in [1.807, 2.05) is 0 Å². The molecule has 104 valence electrons. The Bertz CT molecular complexity index is 288. The molecule has 0 aromatic carbocycles. The number of nitrogens with zero attached hydrogens (tertiary/aromatic N) is 1. The highest BCUT2D eigenvalue weighted by Gasteiger charge is 2.17. The average Bonchev–Trinajstić information content (AvgIpc) is 2.15. The average molecular weight is 284 g/mol. The van der Waals surface area contributed by atoms with Gasteiger partial charge in [-0.25, -0.2) is 0 Å². The van der Waals surface area contributed by atoms with E-state index < -0.39 is 15.1 Å². The van der Waals surface area contributed by atoms with Crippen LogP contribution in [-0.4, -0.2) is 13.1 Å². The van der Waals surface area contributed by atoms with Crippen LogP contribution in [0, 0.1) is 0 Å². The number of nitrogens with two attached hydrogens (primary N) is 3. The lowest BCUT2D eigenvalue weighted by molar-refractivity contribution is 0.578. The Morgan fingerprint density at radius 1 is 1.00 bits per heavy atom. The van der Waals surface area contributed by atoms with Crippen LogP contribution in [0.3, 0.4) is 0 Å². The van der Waals surface area contributed by atoms with Crippen LogP contribution in [0.15, 0.2) is 4.52 Å². The fraction of sp³-hybridized carbons (Fsp3) is 1.00. The van der Waals surface area contributed by atoms with Gasteiger partial charge in [-0.1, -0.05) is 26.7 Å². The molecule has 9 heteroatoms. The highest BCUT2D eigenvalue weighted by Crippen LogP contribution is 2.43. The van der Waals surface area contributed by atoms with Crippen molar-refractivity contribution in [1.82, 2.24) is 10.2 Å². The molecule has 0 fully saturated rings. The molecule has 0 amide bonds. The Morgan fingerprint density at radius 3 is 1.71 bits per heavy atom. The standard InChI is InChI=1S/C8H26N6OP2/c1-3-5-7-12-17(11,13-8-6-4-2)14-16(9,10)15/h12-13H,3-8,11H2,1-2H3,(H4,9,10,15). The normalized spacial score (nSPS) is 12.8. The fourth-order valence-corrected chi connectivity index (χ4v) is 4.57. The summed E-state index contributed by atoms with van der Waals surface area (Å²) in [4.78, 5) is 0. The van der Waals surface area contributed by atoms with Crippen molar-refractivity contribution in [2.75, 3.05) is 13.1 Å². The molecule has 17 heavy (non-hydrogen) atoms. The molecule has 0 spiro atoms. The van der Waals surface area contributed by atoms with E-state index in [4.69, 9.17) is 16.5 Å². The van der Waals surface area contributed by atoms with Crippen LogP contribution in [0.5, 0.6) is 0 Å². The maximum Gasteiger partial charge on any atom is 0.320 e. The molecule has 0 saturated carbocycles. The van der Waals surface area contributed by atoms with Crippen molar-refractivity contribution in [2.24, 2.45) is 21.0 Å². The summed E-state index contributed by atoms with van der Waals surface area (Å²) >= 11 is 0. The molecule has 0 aliphatic rings. The lowest BCUT2D eigenvalue weighted by atomic mass is 10.3. The van der Waals surface area contributed by atoms with Gasteiger partial charge in [-0.3, -0.25) is 31.3 Å². The predicted molar refractivity (Wildman–Crippen MR) is 75.3 cm³/mol. The summed E-state index contributed by atoms with van der Waals surface area (Å²) in [5.41, 5.74) is 16.6. The molecule has 0 rings (SSSR count). The summed E-state index contributed by atoms with van der Waals surface area (Å²) in [5, 5.41) is 6.18. The largest absolute Gasteiger partial charge is 0.320 e. The summed E-state index contributed by atoms with van der Waals surface area (Å²) in [6.45, 7) is 5.58. The second-order valence-corrected chi connectivity index (χ2v) is 8.03. The van der Waals surface area contributed by atoms with Crippen molar-refractivity contribution in [2.45, 2.75) is 39.5 Å². The Balaban J connectivity index is 4.57. The third kappa shape index (κ3) is 9.92. The third-order valence-corrected chi connectivity index (χ3v) is 5.71. The van der Waals surface area contributed by atoms with E-state index in [0.29, 0.717) is 13.1 Å². The van der Waals surface area contributed by atoms with Crippen LogP contribution in [0.25, 0.3) is 0 Å². The van der Waals surface area contributed by atoms with Gasteiger partial charge in [0.25, 0.3) is 0 Å². The molecule has 0 heterocycles. The van der Waals surface area contributed by atoms with Crippen molar-refractivity contribution in [1.29, 1.82) is 0 Å².